The summed E-state index contributed by atoms with van der Waals surface area (Å²) in [6.45, 7) is 5.44. The molecule has 2 aromatic rings. The normalized spacial score (nSPS) is 14.9. The number of hydrogen-bond donors (Lipinski definition) is 2. The van der Waals surface area contributed by atoms with E-state index in [9.17, 15) is 0 Å². The van der Waals surface area contributed by atoms with Gasteiger partial charge in [-0.05, 0) is 37.6 Å². The molecule has 1 fully saturated rings. The monoisotopic (exact) mass is 270 g/mol. The number of hydrogen-bond acceptors (Lipinski definition) is 4. The Labute approximate surface area is 120 Å². The molecule has 1 saturated carbocycles. The van der Waals surface area contributed by atoms with Crippen molar-refractivity contribution < 1.29 is 0 Å². The molecule has 0 saturated heterocycles. The maximum absolute atomic E-state index is 6.00. The molecule has 4 heteroatoms. The third kappa shape index (κ3) is 2.70. The van der Waals surface area contributed by atoms with E-state index < -0.39 is 0 Å². The van der Waals surface area contributed by atoms with Gasteiger partial charge in [0.1, 0.15) is 0 Å². The number of nitrogens with zero attached hydrogens (tertiary/aromatic N) is 2. The molecular formula is C16H22N4. The number of nitrogens with one attached hydrogen (secondary N) is 1. The van der Waals surface area contributed by atoms with Gasteiger partial charge in [0, 0.05) is 53.7 Å². The molecule has 0 bridgehead atoms. The zero-order chi connectivity index (χ0) is 13.9. The van der Waals surface area contributed by atoms with Gasteiger partial charge in [0.05, 0.1) is 0 Å². The van der Waals surface area contributed by atoms with Crippen molar-refractivity contribution in [2.45, 2.75) is 25.8 Å². The van der Waals surface area contributed by atoms with Crippen molar-refractivity contribution in [1.29, 1.82) is 0 Å². The molecule has 1 aromatic carbocycles. The number of nitrogen functional groups attached to an aromatic ring is 1. The van der Waals surface area contributed by atoms with Gasteiger partial charge in [0.25, 0.3) is 0 Å². The summed E-state index contributed by atoms with van der Waals surface area (Å²) in [7, 11) is 0. The molecule has 0 amide bonds. The first-order valence-corrected chi connectivity index (χ1v) is 7.39. The number of likely N-dealkylation sites (N-methyl/N-ethyl adjacent to an activating group) is 1. The van der Waals surface area contributed by atoms with Crippen LogP contribution in [0.5, 0.6) is 0 Å². The number of rotatable bonds is 6. The fourth-order valence-electron chi connectivity index (χ4n) is 2.74. The first kappa shape index (κ1) is 13.2. The van der Waals surface area contributed by atoms with Crippen LogP contribution in [0.2, 0.25) is 0 Å². The molecule has 1 aliphatic rings. The Bertz CT molecular complexity index is 592. The summed E-state index contributed by atoms with van der Waals surface area (Å²) in [6, 6.07) is 6.86. The lowest BCUT2D eigenvalue weighted by Crippen LogP contribution is -2.30. The standard InChI is InChI=1S/C16H22N4/c1-2-20(12-3-4-12)10-9-19-16-6-5-15(17)14-11-18-8-7-13(14)16/h5-8,11-12,19H,2-4,9-10,17H2,1H3. The second-order valence-electron chi connectivity index (χ2n) is 5.41. The summed E-state index contributed by atoms with van der Waals surface area (Å²) in [6.07, 6.45) is 6.38. The molecule has 1 aliphatic carbocycles. The van der Waals surface area contributed by atoms with E-state index >= 15 is 0 Å². The number of benzene rings is 1. The van der Waals surface area contributed by atoms with Crippen LogP contribution in [0.15, 0.2) is 30.6 Å². The van der Waals surface area contributed by atoms with Crippen LogP contribution < -0.4 is 11.1 Å². The Balaban J connectivity index is 1.69. The van der Waals surface area contributed by atoms with Crippen molar-refractivity contribution in [3.05, 3.63) is 30.6 Å². The highest BCUT2D eigenvalue weighted by Gasteiger charge is 2.27. The first-order valence-electron chi connectivity index (χ1n) is 7.39. The van der Waals surface area contributed by atoms with Gasteiger partial charge < -0.3 is 11.1 Å². The molecule has 0 atom stereocenters. The highest BCUT2D eigenvalue weighted by Crippen LogP contribution is 2.28. The molecule has 106 valence electrons. The van der Waals surface area contributed by atoms with E-state index in [0.717, 1.165) is 47.8 Å². The summed E-state index contributed by atoms with van der Waals surface area (Å²) >= 11 is 0. The zero-order valence-electron chi connectivity index (χ0n) is 12.0. The number of anilines is 2. The van der Waals surface area contributed by atoms with E-state index in [4.69, 9.17) is 5.73 Å². The lowest BCUT2D eigenvalue weighted by Gasteiger charge is -2.20. The van der Waals surface area contributed by atoms with Gasteiger partial charge in [-0.3, -0.25) is 9.88 Å². The van der Waals surface area contributed by atoms with Crippen molar-refractivity contribution in [2.24, 2.45) is 0 Å². The van der Waals surface area contributed by atoms with Crippen LogP contribution in [0.25, 0.3) is 10.8 Å². The Morgan fingerprint density at radius 2 is 2.15 bits per heavy atom. The SMILES string of the molecule is CCN(CCNc1ccc(N)c2cnccc12)C1CC1. The summed E-state index contributed by atoms with van der Waals surface area (Å²) in [5, 5.41) is 5.71. The fraction of sp³-hybridized carbons (Fsp3) is 0.438. The maximum Gasteiger partial charge on any atom is 0.0422 e. The van der Waals surface area contributed by atoms with Gasteiger partial charge >= 0.3 is 0 Å². The van der Waals surface area contributed by atoms with E-state index in [1.807, 2.05) is 24.5 Å². The maximum atomic E-state index is 6.00. The minimum absolute atomic E-state index is 0.784. The number of fused-ring (bicyclic) bond motifs is 1. The van der Waals surface area contributed by atoms with E-state index in [1.165, 1.54) is 12.8 Å². The lowest BCUT2D eigenvalue weighted by atomic mass is 10.1. The molecule has 0 radical (unpaired) electrons. The van der Waals surface area contributed by atoms with Crippen molar-refractivity contribution in [3.8, 4) is 0 Å². The summed E-state index contributed by atoms with van der Waals surface area (Å²) in [5.41, 5.74) is 7.92. The highest BCUT2D eigenvalue weighted by atomic mass is 15.2. The smallest absolute Gasteiger partial charge is 0.0422 e. The lowest BCUT2D eigenvalue weighted by molar-refractivity contribution is 0.289. The molecule has 1 heterocycles. The summed E-state index contributed by atoms with van der Waals surface area (Å²) in [4.78, 5) is 6.70. The molecule has 1 aromatic heterocycles. The predicted molar refractivity (Wildman–Crippen MR) is 84.9 cm³/mol. The Morgan fingerprint density at radius 3 is 2.90 bits per heavy atom. The fourth-order valence-corrected chi connectivity index (χ4v) is 2.74. The molecule has 3 rings (SSSR count). The van der Waals surface area contributed by atoms with Crippen molar-refractivity contribution >= 4 is 22.1 Å². The Morgan fingerprint density at radius 1 is 1.30 bits per heavy atom. The van der Waals surface area contributed by atoms with Crippen molar-refractivity contribution in [3.63, 3.8) is 0 Å². The van der Waals surface area contributed by atoms with Crippen molar-refractivity contribution in [2.75, 3.05) is 30.7 Å². The molecule has 20 heavy (non-hydrogen) atoms. The van der Waals surface area contributed by atoms with Crippen molar-refractivity contribution in [1.82, 2.24) is 9.88 Å². The van der Waals surface area contributed by atoms with E-state index in [1.54, 1.807) is 0 Å². The quantitative estimate of drug-likeness (QED) is 0.792. The third-order valence-electron chi connectivity index (χ3n) is 4.04. The van der Waals surface area contributed by atoms with Crippen LogP contribution >= 0.6 is 0 Å². The Hall–Kier alpha value is -1.81. The summed E-state index contributed by atoms with van der Waals surface area (Å²) in [5.74, 6) is 0. The zero-order valence-corrected chi connectivity index (χ0v) is 12.0. The van der Waals surface area contributed by atoms with Crippen LogP contribution in [0, 0.1) is 0 Å². The Kier molecular flexibility index (Phi) is 3.74. The van der Waals surface area contributed by atoms with E-state index in [2.05, 4.69) is 28.2 Å². The number of aromatic nitrogens is 1. The predicted octanol–water partition coefficient (Wildman–Crippen LogP) is 2.71. The first-order chi connectivity index (χ1) is 9.79. The molecule has 0 spiro atoms. The highest BCUT2D eigenvalue weighted by molar-refractivity contribution is 6.00. The van der Waals surface area contributed by atoms with Crippen LogP contribution in [0.1, 0.15) is 19.8 Å². The molecule has 0 aliphatic heterocycles. The van der Waals surface area contributed by atoms with Gasteiger partial charge in [-0.2, -0.15) is 0 Å². The average molecular weight is 270 g/mol. The van der Waals surface area contributed by atoms with Gasteiger partial charge in [-0.15, -0.1) is 0 Å². The second-order valence-corrected chi connectivity index (χ2v) is 5.41. The number of pyridine rings is 1. The minimum atomic E-state index is 0.784. The van der Waals surface area contributed by atoms with Gasteiger partial charge in [-0.1, -0.05) is 6.92 Å². The van der Waals surface area contributed by atoms with Crippen LogP contribution in [-0.2, 0) is 0 Å². The summed E-state index contributed by atoms with van der Waals surface area (Å²) < 4.78 is 0. The third-order valence-corrected chi connectivity index (χ3v) is 4.04. The van der Waals surface area contributed by atoms with Gasteiger partial charge in [0.2, 0.25) is 0 Å². The number of nitrogens with two attached hydrogens (primary N) is 1. The van der Waals surface area contributed by atoms with Crippen LogP contribution in [0.3, 0.4) is 0 Å². The second kappa shape index (κ2) is 5.67. The largest absolute Gasteiger partial charge is 0.398 e. The van der Waals surface area contributed by atoms with E-state index in [0.29, 0.717) is 0 Å². The topological polar surface area (TPSA) is 54.2 Å². The molecule has 0 unspecified atom stereocenters. The van der Waals surface area contributed by atoms with Crippen LogP contribution in [0.4, 0.5) is 11.4 Å². The molecular weight excluding hydrogens is 248 g/mol. The molecule has 4 nitrogen and oxygen atoms in total. The van der Waals surface area contributed by atoms with E-state index in [-0.39, 0.29) is 0 Å². The van der Waals surface area contributed by atoms with Crippen LogP contribution in [-0.4, -0.2) is 35.6 Å². The van der Waals surface area contributed by atoms with Gasteiger partial charge in [-0.25, -0.2) is 0 Å². The molecule has 3 N–H and O–H groups in total. The average Bonchev–Trinajstić information content (AvgIpc) is 3.31. The van der Waals surface area contributed by atoms with Gasteiger partial charge in [0.15, 0.2) is 0 Å². The minimum Gasteiger partial charge on any atom is -0.398 e.